The van der Waals surface area contributed by atoms with Crippen LogP contribution in [0, 0.1) is 0 Å². The summed E-state index contributed by atoms with van der Waals surface area (Å²) in [6.45, 7) is 4.19. The molecule has 2 amide bonds. The number of benzene rings is 1. The largest absolute Gasteiger partial charge is 0.493 e. The van der Waals surface area contributed by atoms with E-state index >= 15 is 0 Å². The molecule has 28 heavy (non-hydrogen) atoms. The normalized spacial score (nSPS) is 14.2. The van der Waals surface area contributed by atoms with Gasteiger partial charge in [-0.05, 0) is 35.4 Å². The number of methoxy groups -OCH3 is 2. The minimum atomic E-state index is -0.308. The summed E-state index contributed by atoms with van der Waals surface area (Å²) < 4.78 is 10.6. The number of thioether (sulfide) groups is 1. The fourth-order valence-corrected chi connectivity index (χ4v) is 3.96. The number of aromatic nitrogens is 1. The first-order valence-electron chi connectivity index (χ1n) is 8.84. The molecule has 1 aromatic heterocycles. The zero-order valence-electron chi connectivity index (χ0n) is 16.3. The van der Waals surface area contributed by atoms with Crippen molar-refractivity contribution in [3.8, 4) is 11.5 Å². The number of carbonyl (C=O) groups excluding carboxylic acids is 2. The Morgan fingerprint density at radius 2 is 1.68 bits per heavy atom. The molecule has 3 rings (SSSR count). The van der Waals surface area contributed by atoms with Crippen LogP contribution in [0.15, 0.2) is 47.6 Å². The number of hydrogen-bond donors (Lipinski definition) is 0. The number of ether oxygens (including phenoxy) is 2. The van der Waals surface area contributed by atoms with Crippen LogP contribution in [-0.4, -0.2) is 41.2 Å². The van der Waals surface area contributed by atoms with E-state index in [9.17, 15) is 9.59 Å². The van der Waals surface area contributed by atoms with Gasteiger partial charge in [0.25, 0.3) is 11.8 Å². The van der Waals surface area contributed by atoms with E-state index in [4.69, 9.17) is 9.47 Å². The molecule has 0 atom stereocenters. The van der Waals surface area contributed by atoms with Gasteiger partial charge in [-0.2, -0.15) is 0 Å². The van der Waals surface area contributed by atoms with Crippen LogP contribution in [-0.2, 0) is 16.1 Å². The van der Waals surface area contributed by atoms with E-state index in [0.29, 0.717) is 27.5 Å². The van der Waals surface area contributed by atoms with Crippen molar-refractivity contribution in [2.45, 2.75) is 25.6 Å². The molecule has 7 heteroatoms. The lowest BCUT2D eigenvalue weighted by molar-refractivity contribution is -0.137. The van der Waals surface area contributed by atoms with Crippen LogP contribution in [0.25, 0.3) is 5.57 Å². The van der Waals surface area contributed by atoms with E-state index < -0.39 is 0 Å². The molecule has 0 unspecified atom stereocenters. The van der Waals surface area contributed by atoms with Gasteiger partial charge in [-0.1, -0.05) is 19.9 Å². The minimum absolute atomic E-state index is 0.155. The Bertz CT molecular complexity index is 925. The summed E-state index contributed by atoms with van der Waals surface area (Å²) in [5.41, 5.74) is 1.88. The number of nitrogens with zero attached hydrogens (tertiary/aromatic N) is 2. The fraction of sp³-hybridized carbons (Fsp3) is 0.286. The molecule has 1 aliphatic rings. The maximum absolute atomic E-state index is 13.2. The Kier molecular flexibility index (Phi) is 6.04. The molecular formula is C21H22N2O4S. The molecule has 0 fully saturated rings. The zero-order valence-corrected chi connectivity index (χ0v) is 17.1. The molecule has 0 bridgehead atoms. The molecule has 6 nitrogen and oxygen atoms in total. The van der Waals surface area contributed by atoms with Crippen LogP contribution in [0.4, 0.5) is 0 Å². The predicted octanol–water partition coefficient (Wildman–Crippen LogP) is 3.52. The van der Waals surface area contributed by atoms with E-state index in [2.05, 4.69) is 4.98 Å². The van der Waals surface area contributed by atoms with Gasteiger partial charge >= 0.3 is 0 Å². The van der Waals surface area contributed by atoms with Crippen molar-refractivity contribution < 1.29 is 19.1 Å². The molecule has 0 saturated carbocycles. The highest BCUT2D eigenvalue weighted by Crippen LogP contribution is 2.40. The molecular weight excluding hydrogens is 376 g/mol. The van der Waals surface area contributed by atoms with E-state index in [0.717, 1.165) is 5.56 Å². The SMILES string of the molecule is COc1ccc(C2=C(SC(C)C)C(=O)N(Cc3ccncc3)C2=O)cc1OC. The van der Waals surface area contributed by atoms with Gasteiger partial charge in [0.1, 0.15) is 0 Å². The second-order valence-electron chi connectivity index (χ2n) is 6.49. The highest BCUT2D eigenvalue weighted by atomic mass is 32.2. The van der Waals surface area contributed by atoms with E-state index in [1.165, 1.54) is 23.8 Å². The molecule has 2 heterocycles. The molecule has 0 aliphatic carbocycles. The van der Waals surface area contributed by atoms with Crippen molar-refractivity contribution in [1.82, 2.24) is 9.88 Å². The predicted molar refractivity (Wildman–Crippen MR) is 109 cm³/mol. The Balaban J connectivity index is 2.03. The number of hydrogen-bond acceptors (Lipinski definition) is 6. The smallest absolute Gasteiger partial charge is 0.268 e. The summed E-state index contributed by atoms with van der Waals surface area (Å²) in [5, 5.41) is 0.155. The average molecular weight is 398 g/mol. The monoisotopic (exact) mass is 398 g/mol. The number of rotatable bonds is 7. The van der Waals surface area contributed by atoms with Crippen LogP contribution in [0.5, 0.6) is 11.5 Å². The van der Waals surface area contributed by atoms with Crippen molar-refractivity contribution in [1.29, 1.82) is 0 Å². The first kappa shape index (κ1) is 19.9. The number of pyridine rings is 1. The van der Waals surface area contributed by atoms with Crippen molar-refractivity contribution in [2.75, 3.05) is 14.2 Å². The molecule has 2 aromatic rings. The summed E-state index contributed by atoms with van der Waals surface area (Å²) in [6.07, 6.45) is 3.29. The Morgan fingerprint density at radius 3 is 2.29 bits per heavy atom. The van der Waals surface area contributed by atoms with Crippen LogP contribution >= 0.6 is 11.8 Å². The highest BCUT2D eigenvalue weighted by Gasteiger charge is 2.39. The third-order valence-corrected chi connectivity index (χ3v) is 5.33. The van der Waals surface area contributed by atoms with Gasteiger partial charge in [0.05, 0.1) is 31.2 Å². The second-order valence-corrected chi connectivity index (χ2v) is 8.08. The van der Waals surface area contributed by atoms with Crippen molar-refractivity contribution in [3.63, 3.8) is 0 Å². The summed E-state index contributed by atoms with van der Waals surface area (Å²) >= 11 is 1.40. The third-order valence-electron chi connectivity index (χ3n) is 4.24. The van der Waals surface area contributed by atoms with Gasteiger partial charge in [-0.25, -0.2) is 0 Å². The molecule has 0 spiro atoms. The number of carbonyl (C=O) groups is 2. The first-order valence-corrected chi connectivity index (χ1v) is 9.72. The van der Waals surface area contributed by atoms with E-state index in [1.807, 2.05) is 13.8 Å². The van der Waals surface area contributed by atoms with E-state index in [1.54, 1.807) is 49.8 Å². The molecule has 0 N–H and O–H groups in total. The standard InChI is InChI=1S/C21H22N2O4S/c1-13(2)28-19-18(15-5-6-16(26-3)17(11-15)27-4)20(24)23(21(19)25)12-14-7-9-22-10-8-14/h5-11,13H,12H2,1-4H3. The third kappa shape index (κ3) is 3.89. The summed E-state index contributed by atoms with van der Waals surface area (Å²) in [5.74, 6) is 0.493. The lowest BCUT2D eigenvalue weighted by atomic mass is 10.1. The van der Waals surface area contributed by atoms with Crippen molar-refractivity contribution in [3.05, 3.63) is 58.8 Å². The molecule has 1 aliphatic heterocycles. The van der Waals surface area contributed by atoms with Gasteiger partial charge in [0, 0.05) is 17.6 Å². The topological polar surface area (TPSA) is 68.7 Å². The van der Waals surface area contributed by atoms with Crippen LogP contribution in [0.1, 0.15) is 25.0 Å². The zero-order chi connectivity index (χ0) is 20.3. The van der Waals surface area contributed by atoms with Crippen LogP contribution < -0.4 is 9.47 Å². The lowest BCUT2D eigenvalue weighted by Gasteiger charge is -2.15. The summed E-state index contributed by atoms with van der Waals surface area (Å²) in [6, 6.07) is 8.84. The Hall–Kier alpha value is -2.80. The van der Waals surface area contributed by atoms with Gasteiger partial charge < -0.3 is 9.47 Å². The van der Waals surface area contributed by atoms with Gasteiger partial charge in [-0.3, -0.25) is 19.5 Å². The Morgan fingerprint density at radius 1 is 1.00 bits per heavy atom. The lowest BCUT2D eigenvalue weighted by Crippen LogP contribution is -2.31. The molecule has 0 saturated heterocycles. The summed E-state index contributed by atoms with van der Waals surface area (Å²) in [7, 11) is 3.09. The van der Waals surface area contributed by atoms with E-state index in [-0.39, 0.29) is 23.6 Å². The minimum Gasteiger partial charge on any atom is -0.493 e. The van der Waals surface area contributed by atoms with Crippen molar-refractivity contribution in [2.24, 2.45) is 0 Å². The maximum atomic E-state index is 13.2. The fourth-order valence-electron chi connectivity index (χ4n) is 2.96. The second kappa shape index (κ2) is 8.48. The number of amides is 2. The first-order chi connectivity index (χ1) is 13.5. The quantitative estimate of drug-likeness (QED) is 0.665. The Labute approximate surface area is 168 Å². The van der Waals surface area contributed by atoms with Crippen LogP contribution in [0.2, 0.25) is 0 Å². The van der Waals surface area contributed by atoms with Gasteiger partial charge in [0.2, 0.25) is 0 Å². The summed E-state index contributed by atoms with van der Waals surface area (Å²) in [4.78, 5) is 32.0. The maximum Gasteiger partial charge on any atom is 0.268 e. The molecule has 0 radical (unpaired) electrons. The molecule has 1 aromatic carbocycles. The molecule has 146 valence electrons. The van der Waals surface area contributed by atoms with Gasteiger partial charge in [-0.15, -0.1) is 11.8 Å². The average Bonchev–Trinajstić information content (AvgIpc) is 2.92. The van der Waals surface area contributed by atoms with Gasteiger partial charge in [0.15, 0.2) is 11.5 Å². The highest BCUT2D eigenvalue weighted by molar-refractivity contribution is 8.04. The van der Waals surface area contributed by atoms with Crippen LogP contribution in [0.3, 0.4) is 0 Å². The van der Waals surface area contributed by atoms with Crippen molar-refractivity contribution >= 4 is 29.1 Å². The number of imide groups is 1.